The highest BCUT2D eigenvalue weighted by Crippen LogP contribution is 2.55. The van der Waals surface area contributed by atoms with E-state index >= 15 is 0 Å². The molecule has 2 aliphatic carbocycles. The maximum absolute atomic E-state index is 6.08. The lowest BCUT2D eigenvalue weighted by Gasteiger charge is -2.60. The summed E-state index contributed by atoms with van der Waals surface area (Å²) in [4.78, 5) is 11.1. The summed E-state index contributed by atoms with van der Waals surface area (Å²) in [5.74, 6) is 0.980. The number of fused-ring (bicyclic) bond motifs is 1. The molecule has 1 N–H and O–H groups in total. The monoisotopic (exact) mass is 315 g/mol. The van der Waals surface area contributed by atoms with Gasteiger partial charge in [-0.25, -0.2) is 9.97 Å². The molecule has 0 amide bonds. The Morgan fingerprint density at radius 1 is 1.30 bits per heavy atom. The molecule has 2 fully saturated rings. The van der Waals surface area contributed by atoms with Crippen LogP contribution in [0.1, 0.15) is 45.4 Å². The van der Waals surface area contributed by atoms with Gasteiger partial charge in [-0.05, 0) is 26.2 Å². The van der Waals surface area contributed by atoms with E-state index in [4.69, 9.17) is 4.74 Å². The molecule has 0 bridgehead atoms. The number of nitrogens with zero attached hydrogens (tertiary/aromatic N) is 4. The minimum atomic E-state index is 0.296. The molecule has 2 aliphatic rings. The first kappa shape index (κ1) is 14.9. The number of hydrogen-bond donors (Lipinski definition) is 1. The molecule has 4 rings (SSSR count). The van der Waals surface area contributed by atoms with Gasteiger partial charge in [0.1, 0.15) is 12.1 Å². The molecule has 2 aromatic rings. The lowest BCUT2D eigenvalue weighted by Crippen LogP contribution is -2.65. The summed E-state index contributed by atoms with van der Waals surface area (Å²) in [6, 6.07) is 0.493. The summed E-state index contributed by atoms with van der Waals surface area (Å²) < 4.78 is 6.08. The summed E-state index contributed by atoms with van der Waals surface area (Å²) in [6.07, 6.45) is 11.5. The van der Waals surface area contributed by atoms with Crippen LogP contribution in [0.4, 0.5) is 5.82 Å². The third kappa shape index (κ3) is 2.23. The number of rotatable bonds is 4. The Balaban J connectivity index is 1.65. The second kappa shape index (κ2) is 5.74. The molecule has 2 heterocycles. The van der Waals surface area contributed by atoms with Crippen molar-refractivity contribution in [3.05, 3.63) is 12.5 Å². The molecule has 6 heteroatoms. The van der Waals surface area contributed by atoms with Gasteiger partial charge in [-0.15, -0.1) is 0 Å². The SMILES string of the molecule is CCOC1CC(N(C)c2ncnc3[nH]ncc23)C12CCCCC2. The average molecular weight is 315 g/mol. The molecular formula is C17H25N5O. The number of hydrogen-bond acceptors (Lipinski definition) is 5. The lowest BCUT2D eigenvalue weighted by atomic mass is 9.54. The first-order chi connectivity index (χ1) is 11.3. The molecule has 1 spiro atoms. The molecule has 23 heavy (non-hydrogen) atoms. The second-order valence-corrected chi connectivity index (χ2v) is 6.93. The largest absolute Gasteiger partial charge is 0.378 e. The van der Waals surface area contributed by atoms with E-state index in [0.29, 0.717) is 17.6 Å². The zero-order valence-corrected chi connectivity index (χ0v) is 14.0. The lowest BCUT2D eigenvalue weighted by molar-refractivity contribution is -0.141. The van der Waals surface area contributed by atoms with Crippen LogP contribution in [0.25, 0.3) is 11.0 Å². The Morgan fingerprint density at radius 3 is 2.91 bits per heavy atom. The van der Waals surface area contributed by atoms with Gasteiger partial charge in [0.25, 0.3) is 0 Å². The van der Waals surface area contributed by atoms with Crippen molar-refractivity contribution in [2.45, 2.75) is 57.6 Å². The Kier molecular flexibility index (Phi) is 3.71. The number of aromatic nitrogens is 4. The smallest absolute Gasteiger partial charge is 0.160 e. The van der Waals surface area contributed by atoms with E-state index in [-0.39, 0.29) is 0 Å². The zero-order chi connectivity index (χ0) is 15.9. The minimum absolute atomic E-state index is 0.296. The van der Waals surface area contributed by atoms with Crippen LogP contribution in [0.5, 0.6) is 0 Å². The van der Waals surface area contributed by atoms with Gasteiger partial charge in [0.05, 0.1) is 17.7 Å². The minimum Gasteiger partial charge on any atom is -0.378 e. The predicted octanol–water partition coefficient (Wildman–Crippen LogP) is 2.92. The van der Waals surface area contributed by atoms with Crippen LogP contribution in [-0.4, -0.2) is 46.0 Å². The second-order valence-electron chi connectivity index (χ2n) is 6.93. The molecule has 0 radical (unpaired) electrons. The Hall–Kier alpha value is -1.69. The highest BCUT2D eigenvalue weighted by Gasteiger charge is 2.57. The standard InChI is InChI=1S/C17H25N5O/c1-3-23-14-9-13(17(14)7-5-4-6-8-17)22(2)16-12-10-20-21-15(12)18-11-19-16/h10-11,13-14H,3-9H2,1-2H3,(H,18,19,20,21). The highest BCUT2D eigenvalue weighted by molar-refractivity contribution is 5.86. The van der Waals surface area contributed by atoms with Crippen molar-refractivity contribution in [2.75, 3.05) is 18.6 Å². The molecule has 0 aromatic carbocycles. The molecule has 2 aromatic heterocycles. The van der Waals surface area contributed by atoms with Gasteiger partial charge < -0.3 is 9.64 Å². The van der Waals surface area contributed by atoms with Crippen molar-refractivity contribution in [3.8, 4) is 0 Å². The average Bonchev–Trinajstić information content (AvgIpc) is 3.07. The molecule has 2 saturated carbocycles. The van der Waals surface area contributed by atoms with Gasteiger partial charge >= 0.3 is 0 Å². The van der Waals surface area contributed by atoms with Gasteiger partial charge in [0.15, 0.2) is 5.65 Å². The van der Waals surface area contributed by atoms with Crippen LogP contribution in [0.2, 0.25) is 0 Å². The van der Waals surface area contributed by atoms with E-state index < -0.39 is 0 Å². The number of nitrogens with one attached hydrogen (secondary N) is 1. The van der Waals surface area contributed by atoms with Crippen molar-refractivity contribution >= 4 is 16.9 Å². The molecule has 6 nitrogen and oxygen atoms in total. The van der Waals surface area contributed by atoms with E-state index in [1.807, 2.05) is 6.20 Å². The van der Waals surface area contributed by atoms with Gasteiger partial charge in [0, 0.05) is 25.1 Å². The third-order valence-electron chi connectivity index (χ3n) is 5.92. The summed E-state index contributed by atoms with van der Waals surface area (Å²) in [6.45, 7) is 2.91. The Labute approximate surface area is 136 Å². The van der Waals surface area contributed by atoms with Gasteiger partial charge in [-0.2, -0.15) is 5.10 Å². The number of anilines is 1. The summed E-state index contributed by atoms with van der Waals surface area (Å²) in [7, 11) is 2.16. The molecule has 0 saturated heterocycles. The van der Waals surface area contributed by atoms with Crippen LogP contribution < -0.4 is 4.90 Å². The molecule has 0 aliphatic heterocycles. The number of ether oxygens (including phenoxy) is 1. The summed E-state index contributed by atoms with van der Waals surface area (Å²) in [5.41, 5.74) is 1.10. The number of H-pyrrole nitrogens is 1. The van der Waals surface area contributed by atoms with Crippen LogP contribution >= 0.6 is 0 Å². The molecule has 124 valence electrons. The topological polar surface area (TPSA) is 66.9 Å². The first-order valence-electron chi connectivity index (χ1n) is 8.75. The van der Waals surface area contributed by atoms with E-state index in [9.17, 15) is 0 Å². The zero-order valence-electron chi connectivity index (χ0n) is 14.0. The number of aromatic amines is 1. The van der Waals surface area contributed by atoms with Gasteiger partial charge in [-0.3, -0.25) is 5.10 Å². The fraction of sp³-hybridized carbons (Fsp3) is 0.706. The summed E-state index contributed by atoms with van der Waals surface area (Å²) in [5, 5.41) is 8.06. The Morgan fingerprint density at radius 2 is 2.13 bits per heavy atom. The first-order valence-corrected chi connectivity index (χ1v) is 8.75. The van der Waals surface area contributed by atoms with Crippen molar-refractivity contribution in [2.24, 2.45) is 5.41 Å². The maximum atomic E-state index is 6.08. The van der Waals surface area contributed by atoms with Crippen molar-refractivity contribution in [1.82, 2.24) is 20.2 Å². The van der Waals surface area contributed by atoms with Gasteiger partial charge in [0.2, 0.25) is 0 Å². The summed E-state index contributed by atoms with van der Waals surface area (Å²) >= 11 is 0. The fourth-order valence-corrected chi connectivity index (χ4v) is 4.75. The van der Waals surface area contributed by atoms with E-state index in [2.05, 4.69) is 39.0 Å². The third-order valence-corrected chi connectivity index (χ3v) is 5.92. The van der Waals surface area contributed by atoms with Crippen LogP contribution in [0.15, 0.2) is 12.5 Å². The van der Waals surface area contributed by atoms with Crippen molar-refractivity contribution in [1.29, 1.82) is 0 Å². The predicted molar refractivity (Wildman–Crippen MR) is 89.4 cm³/mol. The van der Waals surface area contributed by atoms with E-state index in [1.54, 1.807) is 6.33 Å². The fourth-order valence-electron chi connectivity index (χ4n) is 4.75. The van der Waals surface area contributed by atoms with Crippen LogP contribution in [0.3, 0.4) is 0 Å². The molecule has 2 atom stereocenters. The van der Waals surface area contributed by atoms with E-state index in [1.165, 1.54) is 32.1 Å². The maximum Gasteiger partial charge on any atom is 0.160 e. The van der Waals surface area contributed by atoms with Gasteiger partial charge in [-0.1, -0.05) is 19.3 Å². The van der Waals surface area contributed by atoms with Crippen molar-refractivity contribution in [3.63, 3.8) is 0 Å². The van der Waals surface area contributed by atoms with Crippen LogP contribution in [0, 0.1) is 5.41 Å². The van der Waals surface area contributed by atoms with E-state index in [0.717, 1.165) is 29.9 Å². The molecular weight excluding hydrogens is 290 g/mol. The van der Waals surface area contributed by atoms with Crippen molar-refractivity contribution < 1.29 is 4.74 Å². The highest BCUT2D eigenvalue weighted by atomic mass is 16.5. The molecule has 2 unspecified atom stereocenters. The van der Waals surface area contributed by atoms with Crippen LogP contribution in [-0.2, 0) is 4.74 Å². The normalized spacial score (nSPS) is 26.3. The quantitative estimate of drug-likeness (QED) is 0.939. The Bertz CT molecular complexity index is 678.